The maximum Gasteiger partial charge on any atom is 0.333 e. The molecule has 2 fully saturated rings. The van der Waals surface area contributed by atoms with E-state index in [9.17, 15) is 14.4 Å². The number of para-hydroxylation sites is 1. The highest BCUT2D eigenvalue weighted by Gasteiger charge is 2.36. The first-order valence-corrected chi connectivity index (χ1v) is 10.7. The SMILES string of the molecule is CN1[C@H]2CCC[C@H]1CC(NC(=O)c1nn(C)c3ccccc13)C2.O=C(O)CC(O)C(=O)O. The molecule has 10 heteroatoms. The van der Waals surface area contributed by atoms with Gasteiger partial charge in [-0.1, -0.05) is 24.6 Å². The van der Waals surface area contributed by atoms with Crippen LogP contribution in [0.15, 0.2) is 24.3 Å². The number of benzene rings is 1. The van der Waals surface area contributed by atoms with Gasteiger partial charge in [-0.15, -0.1) is 0 Å². The summed E-state index contributed by atoms with van der Waals surface area (Å²) < 4.78 is 1.79. The number of carboxylic acid groups (broad SMARTS) is 2. The first-order chi connectivity index (χ1) is 15.2. The number of aliphatic hydroxyl groups excluding tert-OH is 1. The van der Waals surface area contributed by atoms with Crippen LogP contribution in [0.1, 0.15) is 49.0 Å². The van der Waals surface area contributed by atoms with E-state index in [-0.39, 0.29) is 11.9 Å². The van der Waals surface area contributed by atoms with Gasteiger partial charge in [0, 0.05) is 30.6 Å². The number of hydrogen-bond acceptors (Lipinski definition) is 6. The van der Waals surface area contributed by atoms with Gasteiger partial charge in [0.2, 0.25) is 0 Å². The lowest BCUT2D eigenvalue weighted by atomic mass is 9.82. The molecule has 4 rings (SSSR count). The second-order valence-corrected chi connectivity index (χ2v) is 8.49. The molecule has 0 aliphatic carbocycles. The van der Waals surface area contributed by atoms with Crippen molar-refractivity contribution >= 4 is 28.7 Å². The fourth-order valence-electron chi connectivity index (χ4n) is 4.62. The number of aryl methyl sites for hydroxylation is 1. The zero-order chi connectivity index (χ0) is 23.4. The Labute approximate surface area is 185 Å². The summed E-state index contributed by atoms with van der Waals surface area (Å²) in [6.45, 7) is 0. The van der Waals surface area contributed by atoms with Crippen LogP contribution in [0.4, 0.5) is 0 Å². The van der Waals surface area contributed by atoms with Crippen molar-refractivity contribution in [2.45, 2.75) is 62.8 Å². The quantitative estimate of drug-likeness (QED) is 0.537. The number of aliphatic carboxylic acids is 2. The average Bonchev–Trinajstić information content (AvgIpc) is 3.06. The van der Waals surface area contributed by atoms with Crippen molar-refractivity contribution in [1.29, 1.82) is 0 Å². The molecule has 0 radical (unpaired) electrons. The molecule has 1 aromatic heterocycles. The second kappa shape index (κ2) is 10.1. The van der Waals surface area contributed by atoms with E-state index in [1.807, 2.05) is 31.3 Å². The summed E-state index contributed by atoms with van der Waals surface area (Å²) in [6.07, 6.45) is 3.41. The third-order valence-corrected chi connectivity index (χ3v) is 6.30. The van der Waals surface area contributed by atoms with Gasteiger partial charge in [-0.25, -0.2) is 4.79 Å². The van der Waals surface area contributed by atoms with E-state index in [1.165, 1.54) is 19.3 Å². The molecule has 0 spiro atoms. The number of aromatic nitrogens is 2. The van der Waals surface area contributed by atoms with Crippen molar-refractivity contribution in [2.24, 2.45) is 7.05 Å². The van der Waals surface area contributed by atoms with Gasteiger partial charge in [-0.05, 0) is 38.8 Å². The molecule has 3 atom stereocenters. The van der Waals surface area contributed by atoms with Crippen LogP contribution >= 0.6 is 0 Å². The highest BCUT2D eigenvalue weighted by Crippen LogP contribution is 2.32. The average molecular weight is 447 g/mol. The minimum absolute atomic E-state index is 0.0329. The van der Waals surface area contributed by atoms with E-state index >= 15 is 0 Å². The van der Waals surface area contributed by atoms with E-state index < -0.39 is 24.5 Å². The van der Waals surface area contributed by atoms with Crippen LogP contribution in [0.25, 0.3) is 10.9 Å². The smallest absolute Gasteiger partial charge is 0.333 e. The Balaban J connectivity index is 0.000000275. The van der Waals surface area contributed by atoms with Gasteiger partial charge in [0.1, 0.15) is 0 Å². The molecule has 1 amide bonds. The summed E-state index contributed by atoms with van der Waals surface area (Å²) in [5.41, 5.74) is 1.55. The molecular weight excluding hydrogens is 416 g/mol. The summed E-state index contributed by atoms with van der Waals surface area (Å²) in [4.78, 5) is 34.7. The largest absolute Gasteiger partial charge is 0.481 e. The molecule has 2 aliphatic heterocycles. The van der Waals surface area contributed by atoms with Crippen LogP contribution in [0, 0.1) is 0 Å². The number of aliphatic hydroxyl groups is 1. The Kier molecular flexibility index (Phi) is 7.47. The van der Waals surface area contributed by atoms with Crippen LogP contribution in [0.5, 0.6) is 0 Å². The number of carbonyl (C=O) groups excluding carboxylic acids is 1. The van der Waals surface area contributed by atoms with Gasteiger partial charge in [-0.3, -0.25) is 14.3 Å². The summed E-state index contributed by atoms with van der Waals surface area (Å²) in [5.74, 6) is -2.88. The van der Waals surface area contributed by atoms with E-state index in [1.54, 1.807) is 4.68 Å². The number of nitrogens with one attached hydrogen (secondary N) is 1. The highest BCUT2D eigenvalue weighted by molar-refractivity contribution is 6.04. The number of nitrogens with zero attached hydrogens (tertiary/aromatic N) is 3. The molecule has 2 aromatic rings. The molecule has 1 unspecified atom stereocenters. The van der Waals surface area contributed by atoms with Gasteiger partial charge in [0.15, 0.2) is 11.8 Å². The Bertz CT molecular complexity index is 976. The van der Waals surface area contributed by atoms with Crippen molar-refractivity contribution in [3.05, 3.63) is 30.0 Å². The van der Waals surface area contributed by atoms with E-state index in [4.69, 9.17) is 15.3 Å². The Morgan fingerprint density at radius 1 is 1.12 bits per heavy atom. The molecule has 3 heterocycles. The minimum Gasteiger partial charge on any atom is -0.481 e. The molecule has 1 aromatic carbocycles. The van der Waals surface area contributed by atoms with Crippen molar-refractivity contribution in [3.63, 3.8) is 0 Å². The van der Waals surface area contributed by atoms with Gasteiger partial charge in [-0.2, -0.15) is 5.10 Å². The number of amides is 1. The molecular formula is C22H30N4O6. The molecule has 10 nitrogen and oxygen atoms in total. The number of carbonyl (C=O) groups is 3. The molecule has 0 saturated carbocycles. The summed E-state index contributed by atoms with van der Waals surface area (Å²) in [5, 5.41) is 32.8. The van der Waals surface area contributed by atoms with Gasteiger partial charge >= 0.3 is 11.9 Å². The second-order valence-electron chi connectivity index (χ2n) is 8.49. The Morgan fingerprint density at radius 2 is 1.75 bits per heavy atom. The summed E-state index contributed by atoms with van der Waals surface area (Å²) in [7, 11) is 4.12. The fraction of sp³-hybridized carbons (Fsp3) is 0.545. The first kappa shape index (κ1) is 23.7. The lowest BCUT2D eigenvalue weighted by molar-refractivity contribution is -0.152. The first-order valence-electron chi connectivity index (χ1n) is 10.7. The van der Waals surface area contributed by atoms with Crippen LogP contribution in [-0.2, 0) is 16.6 Å². The number of fused-ring (bicyclic) bond motifs is 3. The van der Waals surface area contributed by atoms with E-state index in [0.29, 0.717) is 17.8 Å². The lowest BCUT2D eigenvalue weighted by Gasteiger charge is -2.47. The number of piperidine rings is 2. The predicted octanol–water partition coefficient (Wildman–Crippen LogP) is 1.22. The lowest BCUT2D eigenvalue weighted by Crippen LogP contribution is -2.55. The van der Waals surface area contributed by atoms with Crippen molar-refractivity contribution < 1.29 is 29.7 Å². The number of rotatable bonds is 5. The monoisotopic (exact) mass is 446 g/mol. The highest BCUT2D eigenvalue weighted by atomic mass is 16.4. The summed E-state index contributed by atoms with van der Waals surface area (Å²) in [6, 6.07) is 9.42. The zero-order valence-corrected chi connectivity index (χ0v) is 18.3. The van der Waals surface area contributed by atoms with Crippen molar-refractivity contribution in [1.82, 2.24) is 20.0 Å². The zero-order valence-electron chi connectivity index (χ0n) is 18.3. The third kappa shape index (κ3) is 5.43. The topological polar surface area (TPSA) is 145 Å². The van der Waals surface area contributed by atoms with Crippen LogP contribution in [-0.4, -0.2) is 79.1 Å². The molecule has 32 heavy (non-hydrogen) atoms. The Morgan fingerprint density at radius 3 is 2.31 bits per heavy atom. The molecule has 2 bridgehead atoms. The molecule has 4 N–H and O–H groups in total. The van der Waals surface area contributed by atoms with Gasteiger partial charge in [0.05, 0.1) is 11.9 Å². The van der Waals surface area contributed by atoms with Crippen LogP contribution in [0.3, 0.4) is 0 Å². The standard InChI is InChI=1S/C18H24N4O.C4H6O5/c1-21-13-6-5-7-14(21)11-12(10-13)19-18(23)17-15-8-3-4-9-16(15)22(2)20-17;5-2(4(8)9)1-3(6)7/h3-4,8-9,12-14H,5-7,10-11H2,1-2H3,(H,19,23);2,5H,1H2,(H,6,7)(H,8,9)/t13-,14-;/m0./s1. The van der Waals surface area contributed by atoms with Crippen molar-refractivity contribution in [2.75, 3.05) is 7.05 Å². The van der Waals surface area contributed by atoms with Crippen LogP contribution < -0.4 is 5.32 Å². The maximum absolute atomic E-state index is 12.7. The molecule has 174 valence electrons. The van der Waals surface area contributed by atoms with Gasteiger partial charge < -0.3 is 25.5 Å². The minimum atomic E-state index is -1.79. The van der Waals surface area contributed by atoms with Gasteiger partial charge in [0.25, 0.3) is 5.91 Å². The summed E-state index contributed by atoms with van der Waals surface area (Å²) >= 11 is 0. The van der Waals surface area contributed by atoms with Crippen molar-refractivity contribution in [3.8, 4) is 0 Å². The third-order valence-electron chi connectivity index (χ3n) is 6.30. The maximum atomic E-state index is 12.7. The fourth-order valence-corrected chi connectivity index (χ4v) is 4.62. The van der Waals surface area contributed by atoms with E-state index in [0.717, 1.165) is 23.7 Å². The van der Waals surface area contributed by atoms with E-state index in [2.05, 4.69) is 22.4 Å². The number of hydrogen-bond donors (Lipinski definition) is 4. The van der Waals surface area contributed by atoms with Crippen LogP contribution in [0.2, 0.25) is 0 Å². The number of carboxylic acids is 2. The normalized spacial score (nSPS) is 23.7. The molecule has 2 aliphatic rings. The predicted molar refractivity (Wildman–Crippen MR) is 116 cm³/mol. The molecule has 2 saturated heterocycles. The Hall–Kier alpha value is -2.98.